The average Bonchev–Trinajstić information content (AvgIpc) is 3.00. The van der Waals surface area contributed by atoms with Gasteiger partial charge in [-0.3, -0.25) is 5.43 Å². The zero-order valence-corrected chi connectivity index (χ0v) is 19.2. The van der Waals surface area contributed by atoms with E-state index in [0.29, 0.717) is 4.90 Å². The summed E-state index contributed by atoms with van der Waals surface area (Å²) >= 11 is 0. The van der Waals surface area contributed by atoms with E-state index in [1.165, 1.54) is 0 Å². The minimum absolute atomic E-state index is 0.285. The molecule has 1 heterocycles. The molecule has 0 bridgehead atoms. The first kappa shape index (κ1) is 24.9. The third kappa shape index (κ3) is 7.63. The highest BCUT2D eigenvalue weighted by atomic mass is 32.2. The molecule has 29 heavy (non-hydrogen) atoms. The second-order valence-corrected chi connectivity index (χ2v) is 8.24. The first-order valence-corrected chi connectivity index (χ1v) is 11.9. The third-order valence-electron chi connectivity index (χ3n) is 4.35. The second kappa shape index (κ2) is 13.1. The number of hydrogen-bond donors (Lipinski definition) is 1. The molecule has 2 aromatic carbocycles. The summed E-state index contributed by atoms with van der Waals surface area (Å²) in [6.45, 7) is 10.1. The van der Waals surface area contributed by atoms with Gasteiger partial charge in [0.1, 0.15) is 0 Å². The van der Waals surface area contributed by atoms with E-state index in [1.807, 2.05) is 27.7 Å². The predicted molar refractivity (Wildman–Crippen MR) is 123 cm³/mol. The van der Waals surface area contributed by atoms with Gasteiger partial charge < -0.3 is 4.90 Å². The highest BCUT2D eigenvalue weighted by Crippen LogP contribution is 2.22. The van der Waals surface area contributed by atoms with Gasteiger partial charge in [0, 0.05) is 18.7 Å². The maximum Gasteiger partial charge on any atom is 0.206 e. The second-order valence-electron chi connectivity index (χ2n) is 6.29. The van der Waals surface area contributed by atoms with Gasteiger partial charge in [-0.2, -0.15) is 5.10 Å². The molecule has 160 valence electrons. The van der Waals surface area contributed by atoms with Crippen LogP contribution in [0.5, 0.6) is 0 Å². The number of hydrazone groups is 1. The molecule has 0 spiro atoms. The van der Waals surface area contributed by atoms with Crippen LogP contribution in [-0.2, 0) is 9.84 Å². The summed E-state index contributed by atoms with van der Waals surface area (Å²) in [6, 6.07) is 15.2. The molecule has 0 atom stereocenters. The van der Waals surface area contributed by atoms with Gasteiger partial charge in [0.05, 0.1) is 15.5 Å². The number of nitrogens with one attached hydrogen (secondary N) is 1. The van der Waals surface area contributed by atoms with Crippen LogP contribution in [0.25, 0.3) is 0 Å². The SMILES string of the molecule is CC.CC.CN1CCC/C(=N\Nc2ccc(S(=O)(=O)c3ccccc3)cc2)CC1. The Kier molecular flexibility index (Phi) is 11.2. The Balaban J connectivity index is 0.000000989. The number of hydrogen-bond acceptors (Lipinski definition) is 5. The molecule has 0 aromatic heterocycles. The van der Waals surface area contributed by atoms with E-state index in [9.17, 15) is 8.42 Å². The zero-order valence-electron chi connectivity index (χ0n) is 18.4. The van der Waals surface area contributed by atoms with Crippen molar-refractivity contribution in [3.8, 4) is 0 Å². The van der Waals surface area contributed by atoms with Gasteiger partial charge in [0.2, 0.25) is 9.84 Å². The number of rotatable bonds is 4. The van der Waals surface area contributed by atoms with Crippen LogP contribution in [0.2, 0.25) is 0 Å². The molecule has 2 aromatic rings. The van der Waals surface area contributed by atoms with Crippen LogP contribution in [0.3, 0.4) is 0 Å². The van der Waals surface area contributed by atoms with Crippen molar-refractivity contribution in [1.82, 2.24) is 4.90 Å². The van der Waals surface area contributed by atoms with E-state index < -0.39 is 9.84 Å². The Labute approximate surface area is 176 Å². The number of anilines is 1. The Bertz CT molecular complexity index is 832. The standard InChI is InChI=1S/C19H23N3O2S.2C2H6/c1-22-14-5-6-16(13-15-22)20-21-17-9-11-19(12-10-17)25(23,24)18-7-3-2-4-8-18;2*1-2/h2-4,7-12,21H,5-6,13-15H2,1H3;2*1-2H3/b20-16+;;. The maximum atomic E-state index is 12.6. The lowest BCUT2D eigenvalue weighted by Crippen LogP contribution is -2.18. The van der Waals surface area contributed by atoms with Gasteiger partial charge in [0.25, 0.3) is 0 Å². The molecule has 0 radical (unpaired) electrons. The summed E-state index contributed by atoms with van der Waals surface area (Å²) in [7, 11) is -1.34. The number of benzene rings is 2. The molecule has 0 amide bonds. The molecule has 0 saturated carbocycles. The molecule has 1 fully saturated rings. The molecular formula is C23H35N3O2S. The molecule has 1 aliphatic heterocycles. The quantitative estimate of drug-likeness (QED) is 0.672. The number of nitrogens with zero attached hydrogens (tertiary/aromatic N) is 2. The van der Waals surface area contributed by atoms with E-state index in [-0.39, 0.29) is 4.90 Å². The van der Waals surface area contributed by atoms with Crippen LogP contribution < -0.4 is 5.43 Å². The first-order valence-electron chi connectivity index (χ1n) is 10.5. The molecule has 1 N–H and O–H groups in total. The normalized spacial score (nSPS) is 16.0. The Morgan fingerprint density at radius 1 is 0.828 bits per heavy atom. The van der Waals surface area contributed by atoms with Crippen LogP contribution in [0.1, 0.15) is 47.0 Å². The van der Waals surface area contributed by atoms with E-state index in [0.717, 1.165) is 43.8 Å². The monoisotopic (exact) mass is 417 g/mol. The van der Waals surface area contributed by atoms with Crippen LogP contribution in [-0.4, -0.2) is 39.2 Å². The van der Waals surface area contributed by atoms with Crippen molar-refractivity contribution in [2.75, 3.05) is 25.6 Å². The van der Waals surface area contributed by atoms with E-state index in [2.05, 4.69) is 22.5 Å². The Hall–Kier alpha value is -2.18. The van der Waals surface area contributed by atoms with Crippen molar-refractivity contribution < 1.29 is 8.42 Å². The van der Waals surface area contributed by atoms with Crippen molar-refractivity contribution in [3.63, 3.8) is 0 Å². The Morgan fingerprint density at radius 3 is 2.03 bits per heavy atom. The summed E-state index contributed by atoms with van der Waals surface area (Å²) < 4.78 is 25.1. The molecule has 0 aliphatic carbocycles. The lowest BCUT2D eigenvalue weighted by molar-refractivity contribution is 0.352. The molecular weight excluding hydrogens is 382 g/mol. The molecule has 0 unspecified atom stereocenters. The van der Waals surface area contributed by atoms with Crippen LogP contribution in [0.15, 0.2) is 69.5 Å². The highest BCUT2D eigenvalue weighted by Gasteiger charge is 2.16. The van der Waals surface area contributed by atoms with Crippen LogP contribution in [0.4, 0.5) is 5.69 Å². The summed E-state index contributed by atoms with van der Waals surface area (Å²) in [6.07, 6.45) is 3.08. The largest absolute Gasteiger partial charge is 0.306 e. The van der Waals surface area contributed by atoms with Crippen molar-refractivity contribution in [3.05, 3.63) is 54.6 Å². The van der Waals surface area contributed by atoms with E-state index >= 15 is 0 Å². The number of likely N-dealkylation sites (tertiary alicyclic amines) is 1. The Morgan fingerprint density at radius 2 is 1.41 bits per heavy atom. The lowest BCUT2D eigenvalue weighted by Gasteiger charge is -2.10. The minimum Gasteiger partial charge on any atom is -0.306 e. The van der Waals surface area contributed by atoms with Gasteiger partial charge in [-0.25, -0.2) is 8.42 Å². The average molecular weight is 418 g/mol. The summed E-state index contributed by atoms with van der Waals surface area (Å²) in [5.41, 5.74) is 5.00. The minimum atomic E-state index is -3.47. The van der Waals surface area contributed by atoms with Crippen LogP contribution in [0, 0.1) is 0 Å². The fraction of sp³-hybridized carbons (Fsp3) is 0.435. The first-order chi connectivity index (χ1) is 14.1. The van der Waals surface area contributed by atoms with E-state index in [4.69, 9.17) is 0 Å². The fourth-order valence-electron chi connectivity index (χ4n) is 2.81. The van der Waals surface area contributed by atoms with Crippen molar-refractivity contribution in [2.45, 2.75) is 56.7 Å². The topological polar surface area (TPSA) is 61.8 Å². The fourth-order valence-corrected chi connectivity index (χ4v) is 4.09. The van der Waals surface area contributed by atoms with Gasteiger partial charge >= 0.3 is 0 Å². The molecule has 3 rings (SSSR count). The smallest absolute Gasteiger partial charge is 0.206 e. The predicted octanol–water partition coefficient (Wildman–Crippen LogP) is 5.46. The molecule has 6 heteroatoms. The van der Waals surface area contributed by atoms with Crippen molar-refractivity contribution in [1.29, 1.82) is 0 Å². The van der Waals surface area contributed by atoms with Gasteiger partial charge in [0.15, 0.2) is 0 Å². The van der Waals surface area contributed by atoms with Crippen LogP contribution >= 0.6 is 0 Å². The third-order valence-corrected chi connectivity index (χ3v) is 6.13. The maximum absolute atomic E-state index is 12.6. The van der Waals surface area contributed by atoms with E-state index in [1.54, 1.807) is 54.6 Å². The summed E-state index contributed by atoms with van der Waals surface area (Å²) in [4.78, 5) is 2.90. The van der Waals surface area contributed by atoms with Gasteiger partial charge in [-0.05, 0) is 62.8 Å². The van der Waals surface area contributed by atoms with Gasteiger partial charge in [-0.1, -0.05) is 45.9 Å². The summed E-state index contributed by atoms with van der Waals surface area (Å²) in [5, 5.41) is 4.49. The summed E-state index contributed by atoms with van der Waals surface area (Å²) in [5.74, 6) is 0. The lowest BCUT2D eigenvalue weighted by atomic mass is 10.2. The van der Waals surface area contributed by atoms with Crippen molar-refractivity contribution in [2.24, 2.45) is 5.10 Å². The molecule has 1 aliphatic rings. The molecule has 1 saturated heterocycles. The highest BCUT2D eigenvalue weighted by molar-refractivity contribution is 7.91. The number of sulfone groups is 1. The zero-order chi connectivity index (χ0) is 21.7. The molecule has 5 nitrogen and oxygen atoms in total. The van der Waals surface area contributed by atoms with Gasteiger partial charge in [-0.15, -0.1) is 0 Å². The van der Waals surface area contributed by atoms with Crippen molar-refractivity contribution >= 4 is 21.2 Å².